The number of benzene rings is 1. The summed E-state index contributed by atoms with van der Waals surface area (Å²) in [5.41, 5.74) is 0.0157. The first-order valence-corrected chi connectivity index (χ1v) is 5.39. The van der Waals surface area contributed by atoms with Gasteiger partial charge in [-0.15, -0.1) is 0 Å². The number of hydrogen-bond acceptors (Lipinski definition) is 1. The van der Waals surface area contributed by atoms with E-state index in [4.69, 9.17) is 0 Å². The van der Waals surface area contributed by atoms with Gasteiger partial charge in [-0.2, -0.15) is 0 Å². The number of halogens is 3. The number of alkyl halides is 1. The van der Waals surface area contributed by atoms with Gasteiger partial charge in [0.25, 0.3) is 0 Å². The van der Waals surface area contributed by atoms with Crippen LogP contribution < -0.4 is 4.90 Å². The Kier molecular flexibility index (Phi) is 2.73. The zero-order valence-corrected chi connectivity index (χ0v) is 9.30. The summed E-state index contributed by atoms with van der Waals surface area (Å²) < 4.78 is 26.3. The minimum Gasteiger partial charge on any atom is -0.308 e. The Morgan fingerprint density at radius 1 is 1.40 bits per heavy atom. The number of hydrogen-bond donors (Lipinski definition) is 0. The highest BCUT2D eigenvalue weighted by Crippen LogP contribution is 2.27. The van der Waals surface area contributed by atoms with Gasteiger partial charge in [0.1, 0.15) is 11.6 Å². The molecule has 1 heterocycles. The first-order chi connectivity index (χ1) is 7.08. The van der Waals surface area contributed by atoms with E-state index in [1.807, 2.05) is 0 Å². The maximum atomic E-state index is 13.3. The van der Waals surface area contributed by atoms with E-state index in [1.54, 1.807) is 0 Å². The van der Waals surface area contributed by atoms with Gasteiger partial charge in [0.2, 0.25) is 5.91 Å². The smallest absolute Gasteiger partial charge is 0.228 e. The Balaban J connectivity index is 2.37. The van der Waals surface area contributed by atoms with E-state index < -0.39 is 11.6 Å². The van der Waals surface area contributed by atoms with Crippen LogP contribution in [-0.4, -0.2) is 17.3 Å². The second-order valence-corrected chi connectivity index (χ2v) is 4.70. The molecule has 1 atom stereocenters. The van der Waals surface area contributed by atoms with Crippen molar-refractivity contribution in [2.24, 2.45) is 0 Å². The van der Waals surface area contributed by atoms with Gasteiger partial charge in [0.15, 0.2) is 0 Å². The molecule has 1 amide bonds. The highest BCUT2D eigenvalue weighted by molar-refractivity contribution is 9.09. The van der Waals surface area contributed by atoms with E-state index in [-0.39, 0.29) is 16.4 Å². The Morgan fingerprint density at radius 2 is 2.13 bits per heavy atom. The molecule has 15 heavy (non-hydrogen) atoms. The first kappa shape index (κ1) is 10.5. The quantitative estimate of drug-likeness (QED) is 0.721. The lowest BCUT2D eigenvalue weighted by Crippen LogP contribution is -2.25. The topological polar surface area (TPSA) is 20.3 Å². The highest BCUT2D eigenvalue weighted by Gasteiger charge is 2.30. The molecule has 0 radical (unpaired) electrons. The van der Waals surface area contributed by atoms with Gasteiger partial charge in [-0.05, 0) is 12.1 Å². The van der Waals surface area contributed by atoms with E-state index in [0.29, 0.717) is 13.0 Å². The molecular weight excluding hydrogens is 268 g/mol. The molecule has 0 saturated carbocycles. The van der Waals surface area contributed by atoms with Crippen molar-refractivity contribution >= 4 is 27.5 Å². The molecule has 0 spiro atoms. The standard InChI is InChI=1S/C10H8BrF2NO/c11-6-3-10(15)14(5-6)9-4-7(12)1-2-8(9)13/h1-2,4,6H,3,5H2. The molecule has 0 aliphatic carbocycles. The zero-order valence-electron chi connectivity index (χ0n) is 7.71. The van der Waals surface area contributed by atoms with Crippen LogP contribution in [0.1, 0.15) is 6.42 Å². The summed E-state index contributed by atoms with van der Waals surface area (Å²) in [6, 6.07) is 3.10. The predicted octanol–water partition coefficient (Wildman–Crippen LogP) is 2.47. The van der Waals surface area contributed by atoms with Crippen LogP contribution in [0.4, 0.5) is 14.5 Å². The molecule has 1 aliphatic rings. The van der Waals surface area contributed by atoms with E-state index in [0.717, 1.165) is 18.2 Å². The Morgan fingerprint density at radius 3 is 2.73 bits per heavy atom. The minimum atomic E-state index is -0.577. The van der Waals surface area contributed by atoms with Crippen LogP contribution in [0.25, 0.3) is 0 Å². The third kappa shape index (κ3) is 2.02. The van der Waals surface area contributed by atoms with Gasteiger partial charge in [0.05, 0.1) is 5.69 Å². The fourth-order valence-corrected chi connectivity index (χ4v) is 2.16. The molecule has 0 N–H and O–H groups in total. The molecule has 1 aromatic rings. The van der Waals surface area contributed by atoms with Crippen LogP contribution >= 0.6 is 15.9 Å². The summed E-state index contributed by atoms with van der Waals surface area (Å²) in [7, 11) is 0. The molecule has 0 aromatic heterocycles. The lowest BCUT2D eigenvalue weighted by molar-refractivity contribution is -0.117. The summed E-state index contributed by atoms with van der Waals surface area (Å²) in [6.45, 7) is 0.374. The molecule has 1 fully saturated rings. The molecule has 0 bridgehead atoms. The number of amides is 1. The average Bonchev–Trinajstić information content (AvgIpc) is 2.50. The first-order valence-electron chi connectivity index (χ1n) is 4.47. The fourth-order valence-electron chi connectivity index (χ4n) is 1.59. The van der Waals surface area contributed by atoms with E-state index in [1.165, 1.54) is 4.90 Å². The molecule has 1 aliphatic heterocycles. The van der Waals surface area contributed by atoms with Crippen molar-refractivity contribution in [2.45, 2.75) is 11.2 Å². The molecular formula is C10H8BrF2NO. The van der Waals surface area contributed by atoms with Crippen molar-refractivity contribution in [1.82, 2.24) is 0 Å². The summed E-state index contributed by atoms with van der Waals surface area (Å²) in [4.78, 5) is 12.7. The molecule has 80 valence electrons. The maximum Gasteiger partial charge on any atom is 0.228 e. The SMILES string of the molecule is O=C1CC(Br)CN1c1cc(F)ccc1F. The van der Waals surface area contributed by atoms with Gasteiger partial charge < -0.3 is 4.90 Å². The molecule has 1 aromatic carbocycles. The van der Waals surface area contributed by atoms with Gasteiger partial charge in [-0.3, -0.25) is 4.79 Å². The normalized spacial score (nSPS) is 21.1. The number of nitrogens with zero attached hydrogens (tertiary/aromatic N) is 1. The van der Waals surface area contributed by atoms with Crippen molar-refractivity contribution < 1.29 is 13.6 Å². The Hall–Kier alpha value is -0.970. The van der Waals surface area contributed by atoms with Crippen LogP contribution in [-0.2, 0) is 4.79 Å². The maximum absolute atomic E-state index is 13.3. The van der Waals surface area contributed by atoms with Crippen LogP contribution in [0.3, 0.4) is 0 Å². The fraction of sp³-hybridized carbons (Fsp3) is 0.300. The number of carbonyl (C=O) groups is 1. The second kappa shape index (κ2) is 3.89. The molecule has 2 nitrogen and oxygen atoms in total. The van der Waals surface area contributed by atoms with Crippen LogP contribution in [0.15, 0.2) is 18.2 Å². The van der Waals surface area contributed by atoms with Crippen molar-refractivity contribution in [3.8, 4) is 0 Å². The van der Waals surface area contributed by atoms with Crippen molar-refractivity contribution in [1.29, 1.82) is 0 Å². The van der Waals surface area contributed by atoms with Crippen molar-refractivity contribution in [2.75, 3.05) is 11.4 Å². The van der Waals surface area contributed by atoms with Crippen LogP contribution in [0.5, 0.6) is 0 Å². The third-order valence-corrected chi connectivity index (χ3v) is 2.89. The summed E-state index contributed by atoms with van der Waals surface area (Å²) in [5, 5.41) is 0. The molecule has 5 heteroatoms. The lowest BCUT2D eigenvalue weighted by atomic mass is 10.2. The van der Waals surface area contributed by atoms with Crippen LogP contribution in [0.2, 0.25) is 0 Å². The number of carbonyl (C=O) groups excluding carboxylic acids is 1. The van der Waals surface area contributed by atoms with E-state index >= 15 is 0 Å². The van der Waals surface area contributed by atoms with Gasteiger partial charge in [0, 0.05) is 23.9 Å². The van der Waals surface area contributed by atoms with Gasteiger partial charge >= 0.3 is 0 Å². The summed E-state index contributed by atoms with van der Waals surface area (Å²) in [5.74, 6) is -1.31. The summed E-state index contributed by atoms with van der Waals surface area (Å²) in [6.07, 6.45) is 0.315. The van der Waals surface area contributed by atoms with E-state index in [9.17, 15) is 13.6 Å². The Bertz CT molecular complexity index is 410. The third-order valence-electron chi connectivity index (χ3n) is 2.28. The Labute approximate surface area is 94.0 Å². The summed E-state index contributed by atoms with van der Waals surface area (Å²) >= 11 is 3.28. The van der Waals surface area contributed by atoms with Crippen LogP contribution in [0, 0.1) is 11.6 Å². The second-order valence-electron chi connectivity index (χ2n) is 3.40. The highest BCUT2D eigenvalue weighted by atomic mass is 79.9. The number of anilines is 1. The number of rotatable bonds is 1. The van der Waals surface area contributed by atoms with Crippen molar-refractivity contribution in [3.63, 3.8) is 0 Å². The zero-order chi connectivity index (χ0) is 11.0. The van der Waals surface area contributed by atoms with Crippen molar-refractivity contribution in [3.05, 3.63) is 29.8 Å². The van der Waals surface area contributed by atoms with E-state index in [2.05, 4.69) is 15.9 Å². The minimum absolute atomic E-state index is 0.00710. The molecule has 2 rings (SSSR count). The monoisotopic (exact) mass is 275 g/mol. The largest absolute Gasteiger partial charge is 0.308 e. The van der Waals surface area contributed by atoms with Gasteiger partial charge in [-0.25, -0.2) is 8.78 Å². The van der Waals surface area contributed by atoms with Gasteiger partial charge in [-0.1, -0.05) is 15.9 Å². The molecule has 1 unspecified atom stereocenters. The lowest BCUT2D eigenvalue weighted by Gasteiger charge is -2.16. The molecule has 1 saturated heterocycles. The average molecular weight is 276 g/mol. The predicted molar refractivity (Wildman–Crippen MR) is 56.0 cm³/mol.